The summed E-state index contributed by atoms with van der Waals surface area (Å²) in [7, 11) is 0. The predicted molar refractivity (Wildman–Crippen MR) is 99.1 cm³/mol. The van der Waals surface area contributed by atoms with Crippen LogP contribution in [0.1, 0.15) is 79.6 Å². The Morgan fingerprint density at radius 1 is 1.04 bits per heavy atom. The number of rotatable bonds is 0. The van der Waals surface area contributed by atoms with Crippen LogP contribution in [0, 0.1) is 57.2 Å². The third-order valence-corrected chi connectivity index (χ3v) is 9.28. The fourth-order valence-electron chi connectivity index (χ4n) is 8.07. The minimum Gasteiger partial charge on any atom is -0.198 e. The van der Waals surface area contributed by atoms with E-state index in [1.165, 1.54) is 32.1 Å². The standard InChI is InChI=1S/C23H35N/c1-15-6-8-18-17-7-9-20-21(2,3)12-16(14-24)13-23(20,5)19(17)10-11-22(15,18)4/h9,15-19H,6-8,10-13H2,1-5H3/t15-,16+,17+,18+,19+,22-,23-/m1/s1. The molecule has 0 saturated heterocycles. The molecule has 0 aliphatic heterocycles. The van der Waals surface area contributed by atoms with E-state index < -0.39 is 0 Å². The topological polar surface area (TPSA) is 23.8 Å². The van der Waals surface area contributed by atoms with Gasteiger partial charge in [0.15, 0.2) is 0 Å². The van der Waals surface area contributed by atoms with Gasteiger partial charge < -0.3 is 0 Å². The van der Waals surface area contributed by atoms with E-state index in [4.69, 9.17) is 0 Å². The highest BCUT2D eigenvalue weighted by molar-refractivity contribution is 5.31. The first-order valence-corrected chi connectivity index (χ1v) is 10.3. The van der Waals surface area contributed by atoms with Crippen LogP contribution in [0.25, 0.3) is 0 Å². The fourth-order valence-corrected chi connectivity index (χ4v) is 8.07. The second-order valence-corrected chi connectivity index (χ2v) is 10.8. The highest BCUT2D eigenvalue weighted by Gasteiger charge is 2.59. The van der Waals surface area contributed by atoms with E-state index in [1.807, 2.05) is 0 Å². The maximum absolute atomic E-state index is 9.68. The van der Waals surface area contributed by atoms with Gasteiger partial charge in [0.05, 0.1) is 6.07 Å². The molecule has 4 aliphatic carbocycles. The number of nitriles is 1. The van der Waals surface area contributed by atoms with Crippen molar-refractivity contribution in [1.82, 2.24) is 0 Å². The second-order valence-electron chi connectivity index (χ2n) is 10.8. The lowest BCUT2D eigenvalue weighted by Gasteiger charge is -2.60. The zero-order valence-corrected chi connectivity index (χ0v) is 16.4. The molecule has 3 saturated carbocycles. The zero-order valence-electron chi connectivity index (χ0n) is 16.4. The lowest BCUT2D eigenvalue weighted by atomic mass is 9.44. The minimum atomic E-state index is 0.210. The van der Waals surface area contributed by atoms with Crippen LogP contribution in [0.15, 0.2) is 11.6 Å². The Balaban J connectivity index is 1.74. The van der Waals surface area contributed by atoms with Crippen molar-refractivity contribution < 1.29 is 0 Å². The number of hydrogen-bond acceptors (Lipinski definition) is 1. The molecule has 0 amide bonds. The molecule has 0 aromatic rings. The lowest BCUT2D eigenvalue weighted by Crippen LogP contribution is -2.52. The number of allylic oxidation sites excluding steroid dienone is 2. The van der Waals surface area contributed by atoms with Crippen molar-refractivity contribution in [2.24, 2.45) is 45.8 Å². The van der Waals surface area contributed by atoms with Crippen molar-refractivity contribution in [3.05, 3.63) is 11.6 Å². The molecule has 0 unspecified atom stereocenters. The molecule has 0 bridgehead atoms. The Morgan fingerprint density at radius 2 is 1.79 bits per heavy atom. The molecular formula is C23H35N. The van der Waals surface area contributed by atoms with E-state index in [0.29, 0.717) is 5.41 Å². The molecule has 132 valence electrons. The summed E-state index contributed by atoms with van der Waals surface area (Å²) in [6, 6.07) is 2.65. The van der Waals surface area contributed by atoms with E-state index in [1.54, 1.807) is 5.57 Å². The van der Waals surface area contributed by atoms with Crippen molar-refractivity contribution in [3.8, 4) is 6.07 Å². The fraction of sp³-hybridized carbons (Fsp3) is 0.870. The van der Waals surface area contributed by atoms with Crippen molar-refractivity contribution in [1.29, 1.82) is 5.26 Å². The van der Waals surface area contributed by atoms with Gasteiger partial charge in [0.2, 0.25) is 0 Å². The minimum absolute atomic E-state index is 0.210. The first-order chi connectivity index (χ1) is 11.2. The summed E-state index contributed by atoms with van der Waals surface area (Å²) in [5.74, 6) is 3.76. The first kappa shape index (κ1) is 16.7. The smallest absolute Gasteiger partial charge is 0.0656 e. The molecule has 1 nitrogen and oxygen atoms in total. The van der Waals surface area contributed by atoms with Crippen LogP contribution >= 0.6 is 0 Å². The highest BCUT2D eigenvalue weighted by Crippen LogP contribution is 2.68. The van der Waals surface area contributed by atoms with Gasteiger partial charge in [-0.3, -0.25) is 0 Å². The maximum Gasteiger partial charge on any atom is 0.0656 e. The van der Waals surface area contributed by atoms with E-state index in [0.717, 1.165) is 36.5 Å². The molecule has 24 heavy (non-hydrogen) atoms. The number of nitrogens with zero attached hydrogens (tertiary/aromatic N) is 1. The van der Waals surface area contributed by atoms with Crippen molar-refractivity contribution in [2.45, 2.75) is 79.6 Å². The summed E-state index contributed by atoms with van der Waals surface area (Å²) >= 11 is 0. The first-order valence-electron chi connectivity index (χ1n) is 10.3. The van der Waals surface area contributed by atoms with Crippen LogP contribution in [-0.2, 0) is 0 Å². The SMILES string of the molecule is C[C@@H]1CC[C@H]2[C@@H]3CC=C4C(C)(C)C[C@H](C#N)C[C@]4(C)[C@H]3CC[C@]12C. The zero-order chi connectivity index (χ0) is 17.3. The van der Waals surface area contributed by atoms with Gasteiger partial charge in [0, 0.05) is 5.92 Å². The molecule has 0 N–H and O–H groups in total. The van der Waals surface area contributed by atoms with Crippen LogP contribution in [0.3, 0.4) is 0 Å². The third-order valence-electron chi connectivity index (χ3n) is 9.28. The van der Waals surface area contributed by atoms with Gasteiger partial charge in [-0.15, -0.1) is 0 Å². The van der Waals surface area contributed by atoms with Gasteiger partial charge in [-0.05, 0) is 84.9 Å². The Morgan fingerprint density at radius 3 is 2.50 bits per heavy atom. The molecule has 0 aromatic carbocycles. The van der Waals surface area contributed by atoms with Crippen molar-refractivity contribution in [2.75, 3.05) is 0 Å². The molecule has 0 heterocycles. The second kappa shape index (κ2) is 5.12. The van der Waals surface area contributed by atoms with Crippen LogP contribution in [-0.4, -0.2) is 0 Å². The molecule has 0 radical (unpaired) electrons. The van der Waals surface area contributed by atoms with Crippen LogP contribution in [0.5, 0.6) is 0 Å². The van der Waals surface area contributed by atoms with E-state index in [-0.39, 0.29) is 16.7 Å². The molecule has 1 heteroatoms. The molecular weight excluding hydrogens is 290 g/mol. The monoisotopic (exact) mass is 325 g/mol. The highest BCUT2D eigenvalue weighted by atomic mass is 14.6. The lowest BCUT2D eigenvalue weighted by molar-refractivity contribution is -0.0529. The molecule has 4 aliphatic rings. The van der Waals surface area contributed by atoms with Gasteiger partial charge in [0.25, 0.3) is 0 Å². The van der Waals surface area contributed by atoms with Gasteiger partial charge in [-0.25, -0.2) is 0 Å². The Hall–Kier alpha value is -0.770. The van der Waals surface area contributed by atoms with Crippen LogP contribution in [0.2, 0.25) is 0 Å². The summed E-state index contributed by atoms with van der Waals surface area (Å²) in [6.45, 7) is 12.4. The summed E-state index contributed by atoms with van der Waals surface area (Å²) in [6.07, 6.45) is 11.8. The van der Waals surface area contributed by atoms with Gasteiger partial charge in [-0.2, -0.15) is 5.26 Å². The predicted octanol–water partition coefficient (Wildman–Crippen LogP) is 6.36. The largest absolute Gasteiger partial charge is 0.198 e. The molecule has 4 rings (SSSR count). The molecule has 0 aromatic heterocycles. The third kappa shape index (κ3) is 2.04. The van der Waals surface area contributed by atoms with Crippen LogP contribution < -0.4 is 0 Å². The van der Waals surface area contributed by atoms with E-state index >= 15 is 0 Å². The van der Waals surface area contributed by atoms with E-state index in [2.05, 4.69) is 46.8 Å². The average molecular weight is 326 g/mol. The van der Waals surface area contributed by atoms with Crippen molar-refractivity contribution >= 4 is 0 Å². The van der Waals surface area contributed by atoms with E-state index in [9.17, 15) is 5.26 Å². The maximum atomic E-state index is 9.68. The van der Waals surface area contributed by atoms with Gasteiger partial charge in [-0.1, -0.05) is 46.3 Å². The summed E-state index contributed by atoms with van der Waals surface area (Å²) in [5.41, 5.74) is 2.78. The summed E-state index contributed by atoms with van der Waals surface area (Å²) < 4.78 is 0. The normalized spacial score (nSPS) is 52.5. The Kier molecular flexibility index (Phi) is 3.56. The number of hydrogen-bond donors (Lipinski definition) is 0. The number of fused-ring (bicyclic) bond motifs is 5. The van der Waals surface area contributed by atoms with Gasteiger partial charge >= 0.3 is 0 Å². The van der Waals surface area contributed by atoms with Gasteiger partial charge in [0.1, 0.15) is 0 Å². The molecule has 7 atom stereocenters. The Labute approximate surface area is 148 Å². The average Bonchev–Trinajstić information content (AvgIpc) is 2.81. The summed E-state index contributed by atoms with van der Waals surface area (Å²) in [5, 5.41) is 9.68. The quantitative estimate of drug-likeness (QED) is 0.475. The van der Waals surface area contributed by atoms with Crippen molar-refractivity contribution in [3.63, 3.8) is 0 Å². The molecule has 3 fully saturated rings. The summed E-state index contributed by atoms with van der Waals surface area (Å²) in [4.78, 5) is 0. The Bertz CT molecular complexity index is 608. The van der Waals surface area contributed by atoms with Crippen LogP contribution in [0.4, 0.5) is 0 Å². The molecule has 0 spiro atoms.